The molecule has 3 rings (SSSR count). The van der Waals surface area contributed by atoms with Crippen LogP contribution in [0.2, 0.25) is 0 Å². The van der Waals surface area contributed by atoms with Crippen molar-refractivity contribution < 1.29 is 22.7 Å². The predicted octanol–water partition coefficient (Wildman–Crippen LogP) is 3.16. The van der Waals surface area contributed by atoms with Gasteiger partial charge in [0.05, 0.1) is 19.3 Å². The molecule has 1 N–H and O–H groups in total. The third-order valence-electron chi connectivity index (χ3n) is 3.46. The molecule has 1 aromatic heterocycles. The number of carbonyl (C=O) groups is 1. The lowest BCUT2D eigenvalue weighted by atomic mass is 10.1. The minimum absolute atomic E-state index is 0.189. The molecule has 0 spiro atoms. The Morgan fingerprint density at radius 3 is 2.71 bits per heavy atom. The Bertz CT molecular complexity index is 708. The van der Waals surface area contributed by atoms with Crippen molar-refractivity contribution in [1.29, 1.82) is 0 Å². The van der Waals surface area contributed by atoms with Gasteiger partial charge in [-0.15, -0.1) is 10.2 Å². The van der Waals surface area contributed by atoms with Crippen LogP contribution in [0.25, 0.3) is 0 Å². The maximum atomic E-state index is 12.5. The second kappa shape index (κ2) is 6.73. The number of morpholine rings is 1. The Kier molecular flexibility index (Phi) is 4.67. The van der Waals surface area contributed by atoms with E-state index in [2.05, 4.69) is 15.5 Å². The number of anilines is 1. The first-order chi connectivity index (χ1) is 11.4. The number of hydrogen-bond acceptors (Lipinski definition) is 5. The lowest BCUT2D eigenvalue weighted by Gasteiger charge is -2.35. The molecule has 1 aromatic carbocycles. The SMILES string of the molecule is O=C(Nc1nnc(C(F)(F)F)s1)N1CCOCC1c1ccccc1. The number of halogens is 3. The number of amides is 2. The summed E-state index contributed by atoms with van der Waals surface area (Å²) in [5, 5.41) is 7.52. The highest BCUT2D eigenvalue weighted by molar-refractivity contribution is 7.15. The zero-order valence-corrected chi connectivity index (χ0v) is 13.1. The average molecular weight is 358 g/mol. The van der Waals surface area contributed by atoms with E-state index in [1.54, 1.807) is 0 Å². The summed E-state index contributed by atoms with van der Waals surface area (Å²) >= 11 is 0.292. The van der Waals surface area contributed by atoms with E-state index in [-0.39, 0.29) is 11.2 Å². The molecule has 0 aliphatic carbocycles. The molecular weight excluding hydrogens is 345 g/mol. The highest BCUT2D eigenvalue weighted by Crippen LogP contribution is 2.33. The predicted molar refractivity (Wildman–Crippen MR) is 80.6 cm³/mol. The zero-order chi connectivity index (χ0) is 17.2. The molecule has 1 aliphatic rings. The van der Waals surface area contributed by atoms with Crippen LogP contribution >= 0.6 is 11.3 Å². The number of nitrogens with one attached hydrogen (secondary N) is 1. The third kappa shape index (κ3) is 3.65. The van der Waals surface area contributed by atoms with Crippen molar-refractivity contribution in [3.63, 3.8) is 0 Å². The number of ether oxygens (including phenoxy) is 1. The first-order valence-corrected chi connectivity index (χ1v) is 7.88. The van der Waals surface area contributed by atoms with Crippen LogP contribution in [-0.2, 0) is 10.9 Å². The molecule has 128 valence electrons. The largest absolute Gasteiger partial charge is 0.445 e. The van der Waals surface area contributed by atoms with Crippen molar-refractivity contribution in [2.24, 2.45) is 0 Å². The molecule has 2 aromatic rings. The van der Waals surface area contributed by atoms with Gasteiger partial charge in [-0.05, 0) is 5.56 Å². The molecule has 1 fully saturated rings. The van der Waals surface area contributed by atoms with Gasteiger partial charge in [-0.3, -0.25) is 5.32 Å². The van der Waals surface area contributed by atoms with Crippen molar-refractivity contribution >= 4 is 22.5 Å². The van der Waals surface area contributed by atoms with Crippen LogP contribution in [0.4, 0.5) is 23.1 Å². The summed E-state index contributed by atoms with van der Waals surface area (Å²) in [6.07, 6.45) is -4.58. The van der Waals surface area contributed by atoms with E-state index in [4.69, 9.17) is 4.74 Å². The molecule has 10 heteroatoms. The minimum atomic E-state index is -4.58. The zero-order valence-electron chi connectivity index (χ0n) is 12.3. The third-order valence-corrected chi connectivity index (χ3v) is 4.34. The molecule has 2 heterocycles. The number of hydrogen-bond donors (Lipinski definition) is 1. The number of rotatable bonds is 2. The Labute approximate surface area is 139 Å². The number of benzene rings is 1. The van der Waals surface area contributed by atoms with Crippen LogP contribution in [0.15, 0.2) is 30.3 Å². The van der Waals surface area contributed by atoms with Crippen LogP contribution in [0, 0.1) is 0 Å². The quantitative estimate of drug-likeness (QED) is 0.895. The van der Waals surface area contributed by atoms with Crippen molar-refractivity contribution in [3.05, 3.63) is 40.9 Å². The Balaban J connectivity index is 1.74. The fourth-order valence-corrected chi connectivity index (χ4v) is 2.95. The van der Waals surface area contributed by atoms with Crippen molar-refractivity contribution in [3.8, 4) is 0 Å². The normalized spacial score (nSPS) is 18.5. The molecule has 6 nitrogen and oxygen atoms in total. The van der Waals surface area contributed by atoms with Crippen LogP contribution in [0.5, 0.6) is 0 Å². The van der Waals surface area contributed by atoms with E-state index in [1.807, 2.05) is 30.3 Å². The van der Waals surface area contributed by atoms with Gasteiger partial charge in [0.15, 0.2) is 0 Å². The van der Waals surface area contributed by atoms with Gasteiger partial charge in [0.2, 0.25) is 10.1 Å². The molecule has 0 radical (unpaired) electrons. The van der Waals surface area contributed by atoms with Gasteiger partial charge >= 0.3 is 12.2 Å². The van der Waals surface area contributed by atoms with Crippen LogP contribution < -0.4 is 5.32 Å². The highest BCUT2D eigenvalue weighted by atomic mass is 32.1. The second-order valence-corrected chi connectivity index (χ2v) is 6.01. The summed E-state index contributed by atoms with van der Waals surface area (Å²) < 4.78 is 43.1. The lowest BCUT2D eigenvalue weighted by Crippen LogP contribution is -2.45. The van der Waals surface area contributed by atoms with E-state index in [9.17, 15) is 18.0 Å². The van der Waals surface area contributed by atoms with Gasteiger partial charge in [0.25, 0.3) is 0 Å². The average Bonchev–Trinajstić information content (AvgIpc) is 3.04. The molecule has 0 bridgehead atoms. The smallest absolute Gasteiger partial charge is 0.377 e. The first-order valence-electron chi connectivity index (χ1n) is 7.06. The van der Waals surface area contributed by atoms with E-state index < -0.39 is 17.2 Å². The molecule has 1 atom stereocenters. The van der Waals surface area contributed by atoms with Crippen molar-refractivity contribution in [2.75, 3.05) is 25.1 Å². The summed E-state index contributed by atoms with van der Waals surface area (Å²) in [5.41, 5.74) is 0.889. The summed E-state index contributed by atoms with van der Waals surface area (Å²) in [4.78, 5) is 13.9. The standard InChI is InChI=1S/C14H13F3N4O2S/c15-14(16,17)11-19-20-12(24-11)18-13(22)21-6-7-23-8-10(21)9-4-2-1-3-5-9/h1-5,10H,6-8H2,(H,18,20,22). The van der Waals surface area contributed by atoms with Gasteiger partial charge in [0, 0.05) is 6.54 Å². The fourth-order valence-electron chi connectivity index (χ4n) is 2.35. The molecular formula is C14H13F3N4O2S. The summed E-state index contributed by atoms with van der Waals surface area (Å²) in [6, 6.07) is 8.45. The topological polar surface area (TPSA) is 67.4 Å². The van der Waals surface area contributed by atoms with E-state index in [0.717, 1.165) is 5.56 Å². The van der Waals surface area contributed by atoms with Crippen LogP contribution in [0.3, 0.4) is 0 Å². The maximum absolute atomic E-state index is 12.5. The maximum Gasteiger partial charge on any atom is 0.445 e. The van der Waals surface area contributed by atoms with Gasteiger partial charge in [-0.1, -0.05) is 41.7 Å². The molecule has 1 saturated heterocycles. The first kappa shape index (κ1) is 16.7. The molecule has 0 saturated carbocycles. The molecule has 1 aliphatic heterocycles. The van der Waals surface area contributed by atoms with Gasteiger partial charge in [-0.25, -0.2) is 4.79 Å². The monoisotopic (exact) mass is 358 g/mol. The van der Waals surface area contributed by atoms with Gasteiger partial charge < -0.3 is 9.64 Å². The Hall–Kier alpha value is -2.20. The van der Waals surface area contributed by atoms with Crippen LogP contribution in [0.1, 0.15) is 16.6 Å². The van der Waals surface area contributed by atoms with Crippen LogP contribution in [-0.4, -0.2) is 40.9 Å². The minimum Gasteiger partial charge on any atom is -0.377 e. The van der Waals surface area contributed by atoms with E-state index >= 15 is 0 Å². The fraction of sp³-hybridized carbons (Fsp3) is 0.357. The van der Waals surface area contributed by atoms with E-state index in [1.165, 1.54) is 4.90 Å². The molecule has 24 heavy (non-hydrogen) atoms. The summed E-state index contributed by atoms with van der Waals surface area (Å²) in [6.45, 7) is 1.01. The number of alkyl halides is 3. The lowest BCUT2D eigenvalue weighted by molar-refractivity contribution is -0.138. The molecule has 2 amide bonds. The van der Waals surface area contributed by atoms with Gasteiger partial charge in [-0.2, -0.15) is 13.2 Å². The van der Waals surface area contributed by atoms with Crippen molar-refractivity contribution in [2.45, 2.75) is 12.2 Å². The van der Waals surface area contributed by atoms with Crippen molar-refractivity contribution in [1.82, 2.24) is 15.1 Å². The number of urea groups is 1. The number of carbonyl (C=O) groups excluding carboxylic acids is 1. The number of nitrogens with zero attached hydrogens (tertiary/aromatic N) is 3. The van der Waals surface area contributed by atoms with Gasteiger partial charge in [0.1, 0.15) is 0 Å². The second-order valence-electron chi connectivity index (χ2n) is 5.04. The Morgan fingerprint density at radius 2 is 2.04 bits per heavy atom. The summed E-state index contributed by atoms with van der Waals surface area (Å²) in [5.74, 6) is 0. The summed E-state index contributed by atoms with van der Waals surface area (Å²) in [7, 11) is 0. The number of aromatic nitrogens is 2. The Morgan fingerprint density at radius 1 is 1.29 bits per heavy atom. The molecule has 1 unspecified atom stereocenters. The van der Waals surface area contributed by atoms with E-state index in [0.29, 0.717) is 31.1 Å². The highest BCUT2D eigenvalue weighted by Gasteiger charge is 2.36.